The lowest BCUT2D eigenvalue weighted by Crippen LogP contribution is -2.19. The van der Waals surface area contributed by atoms with E-state index >= 15 is 0 Å². The van der Waals surface area contributed by atoms with E-state index in [1.54, 1.807) is 0 Å². The quantitative estimate of drug-likeness (QED) is 0.848. The van der Waals surface area contributed by atoms with Gasteiger partial charge in [0.1, 0.15) is 5.58 Å². The van der Waals surface area contributed by atoms with Crippen LogP contribution in [0.1, 0.15) is 24.0 Å². The molecule has 1 aliphatic carbocycles. The minimum atomic E-state index is 0.792. The van der Waals surface area contributed by atoms with E-state index in [0.29, 0.717) is 0 Å². The summed E-state index contributed by atoms with van der Waals surface area (Å²) in [5, 5.41) is 4.81. The third-order valence-electron chi connectivity index (χ3n) is 3.28. The van der Waals surface area contributed by atoms with E-state index in [1.165, 1.54) is 29.4 Å². The fourth-order valence-corrected chi connectivity index (χ4v) is 2.15. The number of benzene rings is 1. The molecule has 0 saturated heterocycles. The molecule has 1 heterocycles. The molecular formula is C14H17NO. The maximum atomic E-state index is 5.63. The first-order valence-corrected chi connectivity index (χ1v) is 6.03. The second-order valence-corrected chi connectivity index (χ2v) is 4.69. The topological polar surface area (TPSA) is 25.2 Å². The summed E-state index contributed by atoms with van der Waals surface area (Å²) in [7, 11) is 0. The number of nitrogens with one attached hydrogen (secondary N) is 1. The van der Waals surface area contributed by atoms with Crippen molar-refractivity contribution in [3.05, 3.63) is 35.6 Å². The molecule has 16 heavy (non-hydrogen) atoms. The molecular weight excluding hydrogens is 198 g/mol. The molecule has 0 amide bonds. The molecule has 2 aromatic rings. The van der Waals surface area contributed by atoms with Gasteiger partial charge in [0.25, 0.3) is 0 Å². The van der Waals surface area contributed by atoms with Gasteiger partial charge in [-0.1, -0.05) is 18.2 Å². The summed E-state index contributed by atoms with van der Waals surface area (Å²) in [6.07, 6.45) is 5.68. The Morgan fingerprint density at radius 2 is 2.25 bits per heavy atom. The molecule has 84 valence electrons. The van der Waals surface area contributed by atoms with Gasteiger partial charge in [-0.2, -0.15) is 0 Å². The zero-order chi connectivity index (χ0) is 11.0. The SMILES string of the molecule is Cc1cccc2c(CCNC3CC3)coc12. The van der Waals surface area contributed by atoms with Crippen molar-refractivity contribution in [2.75, 3.05) is 6.54 Å². The number of rotatable bonds is 4. The van der Waals surface area contributed by atoms with Crippen LogP contribution in [0, 0.1) is 6.92 Å². The first-order chi connectivity index (χ1) is 7.84. The van der Waals surface area contributed by atoms with Crippen LogP contribution in [0.25, 0.3) is 11.0 Å². The summed E-state index contributed by atoms with van der Waals surface area (Å²) in [6.45, 7) is 3.16. The molecule has 1 N–H and O–H groups in total. The summed E-state index contributed by atoms with van der Waals surface area (Å²) in [4.78, 5) is 0. The molecule has 1 saturated carbocycles. The van der Waals surface area contributed by atoms with Gasteiger partial charge in [0.15, 0.2) is 0 Å². The summed E-state index contributed by atoms with van der Waals surface area (Å²) < 4.78 is 5.63. The summed E-state index contributed by atoms with van der Waals surface area (Å²) >= 11 is 0. The molecule has 0 bridgehead atoms. The maximum Gasteiger partial charge on any atom is 0.137 e. The van der Waals surface area contributed by atoms with E-state index in [0.717, 1.165) is 24.6 Å². The van der Waals surface area contributed by atoms with Crippen LogP contribution in [0.4, 0.5) is 0 Å². The van der Waals surface area contributed by atoms with Gasteiger partial charge in [-0.25, -0.2) is 0 Å². The third kappa shape index (κ3) is 1.85. The Labute approximate surface area is 95.6 Å². The minimum absolute atomic E-state index is 0.792. The smallest absolute Gasteiger partial charge is 0.137 e. The molecule has 3 rings (SSSR count). The predicted molar refractivity (Wildman–Crippen MR) is 65.7 cm³/mol. The van der Waals surface area contributed by atoms with Gasteiger partial charge in [-0.3, -0.25) is 0 Å². The number of aryl methyl sites for hydroxylation is 1. The lowest BCUT2D eigenvalue weighted by Gasteiger charge is -2.01. The van der Waals surface area contributed by atoms with Gasteiger partial charge >= 0.3 is 0 Å². The number of hydrogen-bond acceptors (Lipinski definition) is 2. The molecule has 0 radical (unpaired) electrons. The van der Waals surface area contributed by atoms with Gasteiger partial charge in [-0.15, -0.1) is 0 Å². The highest BCUT2D eigenvalue weighted by atomic mass is 16.3. The van der Waals surface area contributed by atoms with Gasteiger partial charge < -0.3 is 9.73 Å². The van der Waals surface area contributed by atoms with E-state index in [4.69, 9.17) is 4.42 Å². The number of furan rings is 1. The lowest BCUT2D eigenvalue weighted by atomic mass is 10.1. The molecule has 1 aliphatic rings. The Morgan fingerprint density at radius 3 is 3.06 bits per heavy atom. The van der Waals surface area contributed by atoms with Crippen LogP contribution in [0.2, 0.25) is 0 Å². The molecule has 1 fully saturated rings. The van der Waals surface area contributed by atoms with Gasteiger partial charge in [0.2, 0.25) is 0 Å². The monoisotopic (exact) mass is 215 g/mol. The standard InChI is InChI=1S/C14H17NO/c1-10-3-2-4-13-11(9-16-14(10)13)7-8-15-12-5-6-12/h2-4,9,12,15H,5-8H2,1H3. The number of para-hydroxylation sites is 1. The van der Waals surface area contributed by atoms with Gasteiger partial charge in [-0.05, 0) is 43.9 Å². The highest BCUT2D eigenvalue weighted by Gasteiger charge is 2.19. The van der Waals surface area contributed by atoms with E-state index in [2.05, 4.69) is 30.4 Å². The van der Waals surface area contributed by atoms with Crippen molar-refractivity contribution in [1.82, 2.24) is 5.32 Å². The molecule has 2 nitrogen and oxygen atoms in total. The first-order valence-electron chi connectivity index (χ1n) is 6.03. The number of hydrogen-bond donors (Lipinski definition) is 1. The van der Waals surface area contributed by atoms with Crippen LogP contribution in [-0.2, 0) is 6.42 Å². The third-order valence-corrected chi connectivity index (χ3v) is 3.28. The fraction of sp³-hybridized carbons (Fsp3) is 0.429. The van der Waals surface area contributed by atoms with Crippen molar-refractivity contribution < 1.29 is 4.42 Å². The normalized spacial score (nSPS) is 15.8. The molecule has 1 aromatic heterocycles. The van der Waals surface area contributed by atoms with Crippen LogP contribution in [-0.4, -0.2) is 12.6 Å². The van der Waals surface area contributed by atoms with Crippen LogP contribution >= 0.6 is 0 Å². The van der Waals surface area contributed by atoms with Crippen LogP contribution in [0.5, 0.6) is 0 Å². The summed E-state index contributed by atoms with van der Waals surface area (Å²) in [6, 6.07) is 7.14. The summed E-state index contributed by atoms with van der Waals surface area (Å²) in [5.41, 5.74) is 3.59. The molecule has 1 aromatic carbocycles. The van der Waals surface area contributed by atoms with Crippen molar-refractivity contribution >= 4 is 11.0 Å². The van der Waals surface area contributed by atoms with Crippen molar-refractivity contribution in [2.45, 2.75) is 32.2 Å². The molecule has 0 unspecified atom stereocenters. The maximum absolute atomic E-state index is 5.63. The lowest BCUT2D eigenvalue weighted by molar-refractivity contribution is 0.603. The van der Waals surface area contributed by atoms with Crippen molar-refractivity contribution in [3.8, 4) is 0 Å². The Balaban J connectivity index is 1.77. The van der Waals surface area contributed by atoms with Gasteiger partial charge in [0, 0.05) is 11.4 Å². The molecule has 0 atom stereocenters. The zero-order valence-corrected chi connectivity index (χ0v) is 9.62. The van der Waals surface area contributed by atoms with E-state index in [9.17, 15) is 0 Å². The summed E-state index contributed by atoms with van der Waals surface area (Å²) in [5.74, 6) is 0. The van der Waals surface area contributed by atoms with E-state index < -0.39 is 0 Å². The number of fused-ring (bicyclic) bond motifs is 1. The van der Waals surface area contributed by atoms with Crippen LogP contribution in [0.3, 0.4) is 0 Å². The average molecular weight is 215 g/mol. The molecule has 0 aliphatic heterocycles. The highest BCUT2D eigenvalue weighted by Crippen LogP contribution is 2.24. The second kappa shape index (κ2) is 3.95. The first kappa shape index (κ1) is 9.91. The van der Waals surface area contributed by atoms with Crippen LogP contribution in [0.15, 0.2) is 28.9 Å². The Kier molecular flexibility index (Phi) is 2.44. The molecule has 2 heteroatoms. The van der Waals surface area contributed by atoms with E-state index in [-0.39, 0.29) is 0 Å². The van der Waals surface area contributed by atoms with Crippen molar-refractivity contribution in [1.29, 1.82) is 0 Å². The van der Waals surface area contributed by atoms with Crippen molar-refractivity contribution in [3.63, 3.8) is 0 Å². The Morgan fingerprint density at radius 1 is 1.38 bits per heavy atom. The molecule has 0 spiro atoms. The average Bonchev–Trinajstić information content (AvgIpc) is 3.00. The van der Waals surface area contributed by atoms with Crippen LogP contribution < -0.4 is 5.32 Å². The van der Waals surface area contributed by atoms with Crippen molar-refractivity contribution in [2.24, 2.45) is 0 Å². The van der Waals surface area contributed by atoms with E-state index in [1.807, 2.05) is 6.26 Å². The minimum Gasteiger partial charge on any atom is -0.464 e. The predicted octanol–water partition coefficient (Wildman–Crippen LogP) is 3.04. The van der Waals surface area contributed by atoms with Gasteiger partial charge in [0.05, 0.1) is 6.26 Å². The second-order valence-electron chi connectivity index (χ2n) is 4.69. The fourth-order valence-electron chi connectivity index (χ4n) is 2.15. The Bertz CT molecular complexity index is 496. The largest absolute Gasteiger partial charge is 0.464 e. The zero-order valence-electron chi connectivity index (χ0n) is 9.62. The highest BCUT2D eigenvalue weighted by molar-refractivity contribution is 5.83. The Hall–Kier alpha value is -1.28.